The number of ether oxygens (including phenoxy) is 1. The van der Waals surface area contributed by atoms with Crippen LogP contribution >= 0.6 is 0 Å². The molecule has 0 atom stereocenters. The summed E-state index contributed by atoms with van der Waals surface area (Å²) in [5.41, 5.74) is 3.90. The van der Waals surface area contributed by atoms with Gasteiger partial charge >= 0.3 is 0 Å². The Morgan fingerprint density at radius 2 is 1.83 bits per heavy atom. The zero-order valence-electron chi connectivity index (χ0n) is 16.7. The van der Waals surface area contributed by atoms with Gasteiger partial charge in [-0.05, 0) is 53.9 Å². The van der Waals surface area contributed by atoms with E-state index in [2.05, 4.69) is 27.4 Å². The Hall–Kier alpha value is -3.80. The van der Waals surface area contributed by atoms with E-state index in [0.29, 0.717) is 18.9 Å². The first-order valence-electron chi connectivity index (χ1n) is 9.85. The van der Waals surface area contributed by atoms with Crippen molar-refractivity contribution in [1.29, 1.82) is 0 Å². The van der Waals surface area contributed by atoms with Gasteiger partial charge in [0.2, 0.25) is 0 Å². The summed E-state index contributed by atoms with van der Waals surface area (Å²) in [6.45, 7) is 0.538. The molecule has 1 N–H and O–H groups in total. The molecule has 0 aliphatic heterocycles. The monoisotopic (exact) mass is 398 g/mol. The Morgan fingerprint density at radius 3 is 2.57 bits per heavy atom. The zero-order chi connectivity index (χ0) is 20.8. The predicted octanol–water partition coefficient (Wildman–Crippen LogP) is 4.76. The maximum atomic E-state index is 10.4. The first-order valence-corrected chi connectivity index (χ1v) is 9.85. The SMILES string of the molecule is CNc1nc(-c2cccnc2)nc2ccc(-c3ccc(OCCCC=O)cc3)cc12. The molecule has 0 amide bonds. The number of aromatic nitrogens is 3. The van der Waals surface area contributed by atoms with Crippen molar-refractivity contribution < 1.29 is 9.53 Å². The first kappa shape index (κ1) is 19.5. The van der Waals surface area contributed by atoms with E-state index in [9.17, 15) is 4.79 Å². The minimum absolute atomic E-state index is 0.521. The molecule has 0 unspecified atom stereocenters. The second-order valence-electron chi connectivity index (χ2n) is 6.80. The zero-order valence-corrected chi connectivity index (χ0v) is 16.7. The van der Waals surface area contributed by atoms with Crippen LogP contribution in [0.4, 0.5) is 5.82 Å². The second-order valence-corrected chi connectivity index (χ2v) is 6.80. The number of pyridine rings is 1. The van der Waals surface area contributed by atoms with Gasteiger partial charge in [0.1, 0.15) is 17.9 Å². The standard InChI is InChI=1S/C24H22N4O2/c1-25-24-21-15-18(17-6-9-20(10-7-17)30-14-3-2-13-29)8-11-22(21)27-23(28-24)19-5-4-12-26-16-19/h4-13,15-16H,2-3,14H2,1H3,(H,25,27,28). The van der Waals surface area contributed by atoms with Crippen LogP contribution in [-0.2, 0) is 4.79 Å². The van der Waals surface area contributed by atoms with Crippen molar-refractivity contribution in [1.82, 2.24) is 15.0 Å². The minimum atomic E-state index is 0.521. The van der Waals surface area contributed by atoms with Crippen LogP contribution < -0.4 is 10.1 Å². The lowest BCUT2D eigenvalue weighted by molar-refractivity contribution is -0.108. The number of anilines is 1. The van der Waals surface area contributed by atoms with Crippen molar-refractivity contribution in [2.45, 2.75) is 12.8 Å². The highest BCUT2D eigenvalue weighted by Gasteiger charge is 2.10. The number of unbranched alkanes of at least 4 members (excludes halogenated alkanes) is 1. The van der Waals surface area contributed by atoms with Gasteiger partial charge in [-0.15, -0.1) is 0 Å². The fraction of sp³-hybridized carbons (Fsp3) is 0.167. The molecule has 0 aliphatic rings. The molecule has 4 rings (SSSR count). The lowest BCUT2D eigenvalue weighted by Gasteiger charge is -2.11. The molecule has 0 bridgehead atoms. The van der Waals surface area contributed by atoms with Crippen LogP contribution in [0.25, 0.3) is 33.4 Å². The summed E-state index contributed by atoms with van der Waals surface area (Å²) in [5.74, 6) is 2.21. The summed E-state index contributed by atoms with van der Waals surface area (Å²) < 4.78 is 5.67. The van der Waals surface area contributed by atoms with Gasteiger partial charge in [0.05, 0.1) is 12.1 Å². The average molecular weight is 398 g/mol. The Morgan fingerprint density at radius 1 is 1.00 bits per heavy atom. The summed E-state index contributed by atoms with van der Waals surface area (Å²) in [4.78, 5) is 23.9. The number of hydrogen-bond donors (Lipinski definition) is 1. The number of carbonyl (C=O) groups excluding carboxylic acids is 1. The molecule has 30 heavy (non-hydrogen) atoms. The molecule has 6 heteroatoms. The summed E-state index contributed by atoms with van der Waals surface area (Å²) in [7, 11) is 1.86. The summed E-state index contributed by atoms with van der Waals surface area (Å²) in [6, 6.07) is 17.9. The van der Waals surface area contributed by atoms with E-state index in [-0.39, 0.29) is 0 Å². The molecule has 0 saturated heterocycles. The normalized spacial score (nSPS) is 10.7. The number of benzene rings is 2. The van der Waals surface area contributed by atoms with Gasteiger partial charge in [0.25, 0.3) is 0 Å². The van der Waals surface area contributed by atoms with Gasteiger partial charge in [-0.2, -0.15) is 0 Å². The Kier molecular flexibility index (Phi) is 5.94. The molecular formula is C24H22N4O2. The summed E-state index contributed by atoms with van der Waals surface area (Å²) >= 11 is 0. The molecule has 6 nitrogen and oxygen atoms in total. The smallest absolute Gasteiger partial charge is 0.163 e. The minimum Gasteiger partial charge on any atom is -0.494 e. The quantitative estimate of drug-likeness (QED) is 0.341. The molecule has 2 heterocycles. The number of nitrogens with zero attached hydrogens (tertiary/aromatic N) is 3. The third-order valence-corrected chi connectivity index (χ3v) is 4.77. The van der Waals surface area contributed by atoms with Crippen LogP contribution in [0.5, 0.6) is 5.75 Å². The topological polar surface area (TPSA) is 77.0 Å². The number of fused-ring (bicyclic) bond motifs is 1. The molecule has 0 fully saturated rings. The van der Waals surface area contributed by atoms with Gasteiger partial charge in [0.15, 0.2) is 5.82 Å². The average Bonchev–Trinajstić information content (AvgIpc) is 2.82. The summed E-state index contributed by atoms with van der Waals surface area (Å²) in [6.07, 6.45) is 5.65. The van der Waals surface area contributed by atoms with Crippen LogP contribution in [-0.4, -0.2) is 34.9 Å². The van der Waals surface area contributed by atoms with Gasteiger partial charge < -0.3 is 14.8 Å². The number of carbonyl (C=O) groups is 1. The maximum absolute atomic E-state index is 10.4. The van der Waals surface area contributed by atoms with Crippen molar-refractivity contribution in [2.75, 3.05) is 19.0 Å². The van der Waals surface area contributed by atoms with Crippen LogP contribution in [0, 0.1) is 0 Å². The number of aldehydes is 1. The first-order chi connectivity index (χ1) is 14.8. The van der Waals surface area contributed by atoms with Crippen molar-refractivity contribution in [3.63, 3.8) is 0 Å². The van der Waals surface area contributed by atoms with E-state index in [1.54, 1.807) is 12.4 Å². The molecular weight excluding hydrogens is 376 g/mol. The molecule has 0 saturated carbocycles. The fourth-order valence-electron chi connectivity index (χ4n) is 3.22. The molecule has 0 radical (unpaired) electrons. The lowest BCUT2D eigenvalue weighted by atomic mass is 10.0. The highest BCUT2D eigenvalue weighted by Crippen LogP contribution is 2.30. The van der Waals surface area contributed by atoms with Crippen LogP contribution in [0.15, 0.2) is 67.0 Å². The van der Waals surface area contributed by atoms with E-state index in [4.69, 9.17) is 9.72 Å². The van der Waals surface area contributed by atoms with Gasteiger partial charge in [-0.25, -0.2) is 9.97 Å². The van der Waals surface area contributed by atoms with Crippen LogP contribution in [0.2, 0.25) is 0 Å². The van der Waals surface area contributed by atoms with E-state index in [1.165, 1.54) is 0 Å². The third kappa shape index (κ3) is 4.27. The summed E-state index contributed by atoms with van der Waals surface area (Å²) in [5, 5.41) is 4.14. The largest absolute Gasteiger partial charge is 0.494 e. The van der Waals surface area contributed by atoms with E-state index in [0.717, 1.165) is 51.9 Å². The molecule has 2 aromatic carbocycles. The van der Waals surface area contributed by atoms with Crippen LogP contribution in [0.3, 0.4) is 0 Å². The number of nitrogens with one attached hydrogen (secondary N) is 1. The maximum Gasteiger partial charge on any atom is 0.163 e. The second kappa shape index (κ2) is 9.13. The Balaban J connectivity index is 1.62. The lowest BCUT2D eigenvalue weighted by Crippen LogP contribution is -1.99. The van der Waals surface area contributed by atoms with Gasteiger partial charge in [0, 0.05) is 36.8 Å². The molecule has 4 aromatic rings. The van der Waals surface area contributed by atoms with E-state index >= 15 is 0 Å². The highest BCUT2D eigenvalue weighted by molar-refractivity contribution is 5.93. The predicted molar refractivity (Wildman–Crippen MR) is 119 cm³/mol. The van der Waals surface area contributed by atoms with E-state index < -0.39 is 0 Å². The van der Waals surface area contributed by atoms with E-state index in [1.807, 2.05) is 49.5 Å². The van der Waals surface area contributed by atoms with Crippen molar-refractivity contribution in [3.05, 3.63) is 67.0 Å². The van der Waals surface area contributed by atoms with Crippen molar-refractivity contribution in [2.24, 2.45) is 0 Å². The number of hydrogen-bond acceptors (Lipinski definition) is 6. The number of rotatable bonds is 8. The van der Waals surface area contributed by atoms with Gasteiger partial charge in [-0.1, -0.05) is 18.2 Å². The Bertz CT molecular complexity index is 1150. The molecule has 0 aliphatic carbocycles. The van der Waals surface area contributed by atoms with Crippen molar-refractivity contribution in [3.8, 4) is 28.3 Å². The third-order valence-electron chi connectivity index (χ3n) is 4.77. The fourth-order valence-corrected chi connectivity index (χ4v) is 3.22. The Labute approximate surface area is 175 Å². The van der Waals surface area contributed by atoms with Crippen LogP contribution in [0.1, 0.15) is 12.8 Å². The molecule has 2 aromatic heterocycles. The van der Waals surface area contributed by atoms with Crippen molar-refractivity contribution >= 4 is 23.0 Å². The highest BCUT2D eigenvalue weighted by atomic mass is 16.5. The molecule has 0 spiro atoms. The van der Waals surface area contributed by atoms with Gasteiger partial charge in [-0.3, -0.25) is 4.98 Å². The molecule has 150 valence electrons.